The van der Waals surface area contributed by atoms with Gasteiger partial charge >= 0.3 is 0 Å². The second-order valence-electron chi connectivity index (χ2n) is 7.16. The molecule has 4 aromatic rings. The maximum atomic E-state index is 13.1. The van der Waals surface area contributed by atoms with Gasteiger partial charge in [0.25, 0.3) is 11.5 Å². The van der Waals surface area contributed by atoms with Gasteiger partial charge in [0.1, 0.15) is 5.82 Å². The molecule has 0 aliphatic heterocycles. The number of benzene rings is 2. The Bertz CT molecular complexity index is 1210. The number of imidazole rings is 1. The number of aromatic amines is 1. The number of carbonyl (C=O) groups is 1. The van der Waals surface area contributed by atoms with Crippen molar-refractivity contribution in [3.05, 3.63) is 70.4 Å². The summed E-state index contributed by atoms with van der Waals surface area (Å²) >= 11 is 0. The lowest BCUT2D eigenvalue weighted by molar-refractivity contribution is 0.0918. The van der Waals surface area contributed by atoms with Crippen molar-refractivity contribution >= 4 is 27.7 Å². The lowest BCUT2D eigenvalue weighted by Crippen LogP contribution is -2.35. The van der Waals surface area contributed by atoms with Crippen molar-refractivity contribution in [2.75, 3.05) is 0 Å². The number of fused-ring (bicyclic) bond motifs is 2. The fourth-order valence-electron chi connectivity index (χ4n) is 3.35. The molecule has 7 heteroatoms. The summed E-state index contributed by atoms with van der Waals surface area (Å²) < 4.78 is 1.20. The van der Waals surface area contributed by atoms with Gasteiger partial charge in [-0.25, -0.2) is 9.67 Å². The van der Waals surface area contributed by atoms with Gasteiger partial charge in [0.15, 0.2) is 5.69 Å². The Labute approximate surface area is 161 Å². The largest absolute Gasteiger partial charge is 0.340 e. The second-order valence-corrected chi connectivity index (χ2v) is 7.16. The van der Waals surface area contributed by atoms with Crippen LogP contribution in [0.4, 0.5) is 0 Å². The zero-order valence-corrected chi connectivity index (χ0v) is 15.9. The summed E-state index contributed by atoms with van der Waals surface area (Å²) in [5.41, 5.74) is 1.76. The van der Waals surface area contributed by atoms with Gasteiger partial charge in [-0.3, -0.25) is 9.59 Å². The summed E-state index contributed by atoms with van der Waals surface area (Å²) in [6.07, 6.45) is 0. The van der Waals surface area contributed by atoms with Crippen molar-refractivity contribution < 1.29 is 4.79 Å². The topological polar surface area (TPSA) is 92.7 Å². The highest BCUT2D eigenvalue weighted by Crippen LogP contribution is 2.23. The number of H-pyrrole nitrogens is 1. The second kappa shape index (κ2) is 6.92. The molecule has 0 spiro atoms. The van der Waals surface area contributed by atoms with Crippen LogP contribution in [0.25, 0.3) is 21.8 Å². The lowest BCUT2D eigenvalue weighted by atomic mass is 10.0. The Balaban J connectivity index is 1.74. The third-order valence-corrected chi connectivity index (χ3v) is 4.83. The maximum absolute atomic E-state index is 13.1. The number of rotatable bonds is 4. The Morgan fingerprint density at radius 3 is 2.46 bits per heavy atom. The van der Waals surface area contributed by atoms with E-state index < -0.39 is 0 Å². The van der Waals surface area contributed by atoms with Crippen LogP contribution in [-0.4, -0.2) is 25.7 Å². The van der Waals surface area contributed by atoms with Crippen molar-refractivity contribution in [2.24, 2.45) is 13.0 Å². The van der Waals surface area contributed by atoms with Crippen LogP contribution in [0.5, 0.6) is 0 Å². The van der Waals surface area contributed by atoms with E-state index in [9.17, 15) is 9.59 Å². The van der Waals surface area contributed by atoms with Gasteiger partial charge in [0.2, 0.25) is 0 Å². The van der Waals surface area contributed by atoms with Gasteiger partial charge in [-0.15, -0.1) is 0 Å². The minimum Gasteiger partial charge on any atom is -0.340 e. The zero-order valence-electron chi connectivity index (χ0n) is 15.9. The third kappa shape index (κ3) is 3.05. The molecular formula is C21H21N5O2. The summed E-state index contributed by atoms with van der Waals surface area (Å²) in [6, 6.07) is 14.4. The number of para-hydroxylation sites is 2. The Kier molecular flexibility index (Phi) is 4.43. The molecule has 2 aromatic carbocycles. The van der Waals surface area contributed by atoms with Crippen molar-refractivity contribution in [2.45, 2.75) is 19.9 Å². The molecule has 0 unspecified atom stereocenters. The van der Waals surface area contributed by atoms with Crippen LogP contribution in [0.15, 0.2) is 53.3 Å². The minimum atomic E-state index is -0.342. The predicted molar refractivity (Wildman–Crippen MR) is 108 cm³/mol. The number of nitrogens with zero attached hydrogens (tertiary/aromatic N) is 3. The molecule has 28 heavy (non-hydrogen) atoms. The lowest BCUT2D eigenvalue weighted by Gasteiger charge is -2.20. The van der Waals surface area contributed by atoms with Crippen LogP contribution in [0, 0.1) is 5.92 Å². The number of hydrogen-bond acceptors (Lipinski definition) is 4. The highest BCUT2D eigenvalue weighted by atomic mass is 16.2. The minimum absolute atomic E-state index is 0.100. The highest BCUT2D eigenvalue weighted by molar-refractivity contribution is 6.04. The first kappa shape index (κ1) is 17.9. The van der Waals surface area contributed by atoms with E-state index in [1.807, 2.05) is 38.1 Å². The molecule has 2 heterocycles. The third-order valence-electron chi connectivity index (χ3n) is 4.83. The van der Waals surface area contributed by atoms with Crippen molar-refractivity contribution in [1.82, 2.24) is 25.1 Å². The molecule has 142 valence electrons. The van der Waals surface area contributed by atoms with Crippen molar-refractivity contribution in [1.29, 1.82) is 0 Å². The van der Waals surface area contributed by atoms with Crippen LogP contribution in [0.3, 0.4) is 0 Å². The normalized spacial score (nSPS) is 12.6. The van der Waals surface area contributed by atoms with E-state index in [1.54, 1.807) is 31.3 Å². The molecule has 2 aromatic heterocycles. The van der Waals surface area contributed by atoms with Gasteiger partial charge in [-0.2, -0.15) is 5.10 Å². The number of aryl methyl sites for hydroxylation is 1. The zero-order chi connectivity index (χ0) is 19.8. The van der Waals surface area contributed by atoms with Crippen LogP contribution in [-0.2, 0) is 7.05 Å². The number of hydrogen-bond donors (Lipinski definition) is 2. The average molecular weight is 375 g/mol. The first-order valence-electron chi connectivity index (χ1n) is 9.17. The van der Waals surface area contributed by atoms with Crippen LogP contribution in [0.1, 0.15) is 36.2 Å². The molecule has 4 rings (SSSR count). The monoisotopic (exact) mass is 375 g/mol. The Hall–Kier alpha value is -3.48. The summed E-state index contributed by atoms with van der Waals surface area (Å²) in [5.74, 6) is 0.452. The molecule has 0 bridgehead atoms. The molecule has 0 saturated heterocycles. The Morgan fingerprint density at radius 1 is 1.07 bits per heavy atom. The van der Waals surface area contributed by atoms with Crippen molar-refractivity contribution in [3.63, 3.8) is 0 Å². The van der Waals surface area contributed by atoms with Gasteiger partial charge < -0.3 is 10.3 Å². The highest BCUT2D eigenvalue weighted by Gasteiger charge is 2.24. The fraction of sp³-hybridized carbons (Fsp3) is 0.238. The van der Waals surface area contributed by atoms with Gasteiger partial charge in [0.05, 0.1) is 22.5 Å². The summed E-state index contributed by atoms with van der Waals surface area (Å²) in [4.78, 5) is 33.3. The van der Waals surface area contributed by atoms with E-state index in [-0.39, 0.29) is 29.1 Å². The molecular weight excluding hydrogens is 354 g/mol. The van der Waals surface area contributed by atoms with E-state index >= 15 is 0 Å². The van der Waals surface area contributed by atoms with Gasteiger partial charge in [-0.1, -0.05) is 44.2 Å². The molecule has 0 aliphatic rings. The fourth-order valence-corrected chi connectivity index (χ4v) is 3.35. The SMILES string of the molecule is CC(C)[C@H](NC(=O)c1nn(C)c(=O)c2ccccc12)c1nc2ccccc2[nH]1. The molecule has 0 radical (unpaired) electrons. The average Bonchev–Trinajstić information content (AvgIpc) is 3.12. The summed E-state index contributed by atoms with van der Waals surface area (Å²) in [7, 11) is 1.55. The van der Waals surface area contributed by atoms with Crippen LogP contribution in [0.2, 0.25) is 0 Å². The number of carbonyl (C=O) groups excluding carboxylic acids is 1. The van der Waals surface area contributed by atoms with Gasteiger partial charge in [-0.05, 0) is 24.1 Å². The smallest absolute Gasteiger partial charge is 0.274 e. The molecule has 7 nitrogen and oxygen atoms in total. The molecule has 2 N–H and O–H groups in total. The quantitative estimate of drug-likeness (QED) is 0.574. The maximum Gasteiger partial charge on any atom is 0.274 e. The summed E-state index contributed by atoms with van der Waals surface area (Å²) in [5, 5.41) is 8.25. The molecule has 0 fully saturated rings. The van der Waals surface area contributed by atoms with Crippen LogP contribution < -0.4 is 10.9 Å². The number of nitrogens with one attached hydrogen (secondary N) is 2. The molecule has 0 saturated carbocycles. The number of amides is 1. The van der Waals surface area contributed by atoms with E-state index in [1.165, 1.54) is 4.68 Å². The standard InChI is InChI=1S/C21H21N5O2/c1-12(2)17(19-22-15-10-6-7-11-16(15)23-19)24-20(27)18-13-8-4-5-9-14(13)21(28)26(3)25-18/h4-12,17H,1-3H3,(H,22,23)(H,24,27)/t17-/m0/s1. The van der Waals surface area contributed by atoms with Crippen molar-refractivity contribution in [3.8, 4) is 0 Å². The van der Waals surface area contributed by atoms with Gasteiger partial charge in [0, 0.05) is 12.4 Å². The van der Waals surface area contributed by atoms with E-state index in [0.29, 0.717) is 16.6 Å². The molecule has 1 amide bonds. The predicted octanol–water partition coefficient (Wildman–Crippen LogP) is 2.94. The summed E-state index contributed by atoms with van der Waals surface area (Å²) in [6.45, 7) is 4.04. The van der Waals surface area contributed by atoms with E-state index in [2.05, 4.69) is 20.4 Å². The first-order chi connectivity index (χ1) is 13.5. The number of aromatic nitrogens is 4. The molecule has 0 aliphatic carbocycles. The first-order valence-corrected chi connectivity index (χ1v) is 9.17. The Morgan fingerprint density at radius 2 is 1.75 bits per heavy atom. The molecule has 1 atom stereocenters. The van der Waals surface area contributed by atoms with Crippen LogP contribution >= 0.6 is 0 Å². The van der Waals surface area contributed by atoms with E-state index in [4.69, 9.17) is 0 Å². The van der Waals surface area contributed by atoms with E-state index in [0.717, 1.165) is 11.0 Å².